The first-order valence-corrected chi connectivity index (χ1v) is 5.11. The van der Waals surface area contributed by atoms with Crippen molar-refractivity contribution < 1.29 is 9.18 Å². The average molecular weight is 246 g/mol. The van der Waals surface area contributed by atoms with Crippen molar-refractivity contribution in [2.75, 3.05) is 24.1 Å². The highest BCUT2D eigenvalue weighted by Gasteiger charge is 2.05. The quantitative estimate of drug-likeness (QED) is 0.558. The van der Waals surface area contributed by atoms with E-state index in [2.05, 4.69) is 10.6 Å². The maximum atomic E-state index is 13.0. The van der Waals surface area contributed by atoms with Crippen LogP contribution in [0.4, 0.5) is 15.8 Å². The molecule has 0 atom stereocenters. The summed E-state index contributed by atoms with van der Waals surface area (Å²) in [5, 5.41) is 5.57. The molecule has 0 unspecified atom stereocenters. The van der Waals surface area contributed by atoms with Crippen LogP contribution in [0.25, 0.3) is 0 Å². The molecule has 0 saturated carbocycles. The van der Waals surface area contributed by atoms with Crippen LogP contribution in [0.2, 0.25) is 5.02 Å². The average Bonchev–Trinajstić information content (AvgIpc) is 2.19. The van der Waals surface area contributed by atoms with Crippen LogP contribution in [0.15, 0.2) is 12.1 Å². The number of benzene rings is 1. The predicted molar refractivity (Wildman–Crippen MR) is 63.0 cm³/mol. The molecule has 88 valence electrons. The smallest absolute Gasteiger partial charge is 0.216 e. The number of nitrogens with one attached hydrogen (secondary N) is 2. The molecular weight excluding hydrogens is 233 g/mol. The molecular formula is C10H13ClFN3O. The standard InChI is InChI=1S/C10H13ClFN3O/c1-6(16)14-2-3-15-10-4-7(11)8(12)5-9(10)13/h4-5,15H,2-3,13H2,1H3,(H,14,16). The molecule has 0 aliphatic heterocycles. The number of rotatable bonds is 4. The van der Waals surface area contributed by atoms with Gasteiger partial charge in [0.1, 0.15) is 5.82 Å². The lowest BCUT2D eigenvalue weighted by molar-refractivity contribution is -0.118. The fraction of sp³-hybridized carbons (Fsp3) is 0.300. The molecule has 16 heavy (non-hydrogen) atoms. The zero-order chi connectivity index (χ0) is 12.1. The number of hydrogen-bond acceptors (Lipinski definition) is 3. The van der Waals surface area contributed by atoms with Crippen molar-refractivity contribution >= 4 is 28.9 Å². The molecule has 0 bridgehead atoms. The van der Waals surface area contributed by atoms with E-state index in [0.29, 0.717) is 18.8 Å². The van der Waals surface area contributed by atoms with Crippen molar-refractivity contribution in [3.05, 3.63) is 23.0 Å². The Morgan fingerprint density at radius 1 is 1.50 bits per heavy atom. The Morgan fingerprint density at radius 3 is 2.81 bits per heavy atom. The third-order valence-electron chi connectivity index (χ3n) is 1.91. The summed E-state index contributed by atoms with van der Waals surface area (Å²) in [6, 6.07) is 2.57. The lowest BCUT2D eigenvalue weighted by Crippen LogP contribution is -2.26. The van der Waals surface area contributed by atoms with Gasteiger partial charge in [-0.25, -0.2) is 4.39 Å². The third-order valence-corrected chi connectivity index (χ3v) is 2.20. The van der Waals surface area contributed by atoms with Gasteiger partial charge >= 0.3 is 0 Å². The summed E-state index contributed by atoms with van der Waals surface area (Å²) >= 11 is 5.61. The van der Waals surface area contributed by atoms with E-state index in [0.717, 1.165) is 6.07 Å². The van der Waals surface area contributed by atoms with Crippen LogP contribution in [0.3, 0.4) is 0 Å². The number of nitrogen functional groups attached to an aromatic ring is 1. The summed E-state index contributed by atoms with van der Waals surface area (Å²) < 4.78 is 13.0. The molecule has 1 rings (SSSR count). The van der Waals surface area contributed by atoms with E-state index in [-0.39, 0.29) is 16.6 Å². The molecule has 4 nitrogen and oxygen atoms in total. The van der Waals surface area contributed by atoms with Gasteiger partial charge in [-0.15, -0.1) is 0 Å². The first-order valence-electron chi connectivity index (χ1n) is 4.73. The largest absolute Gasteiger partial charge is 0.397 e. The zero-order valence-corrected chi connectivity index (χ0v) is 9.57. The van der Waals surface area contributed by atoms with Gasteiger partial charge in [-0.05, 0) is 6.07 Å². The number of carbonyl (C=O) groups is 1. The summed E-state index contributed by atoms with van der Waals surface area (Å²) in [5.41, 5.74) is 6.42. The fourth-order valence-corrected chi connectivity index (χ4v) is 1.31. The predicted octanol–water partition coefficient (Wildman–Crippen LogP) is 1.61. The van der Waals surface area contributed by atoms with Gasteiger partial charge in [0, 0.05) is 26.1 Å². The molecule has 0 aliphatic rings. The summed E-state index contributed by atoms with van der Waals surface area (Å²) in [6.07, 6.45) is 0. The Labute approximate surface area is 98.0 Å². The summed E-state index contributed by atoms with van der Waals surface area (Å²) in [4.78, 5) is 10.6. The van der Waals surface area contributed by atoms with Gasteiger partial charge in [-0.2, -0.15) is 0 Å². The molecule has 0 fully saturated rings. The van der Waals surface area contributed by atoms with Crippen molar-refractivity contribution in [3.8, 4) is 0 Å². The van der Waals surface area contributed by atoms with Gasteiger partial charge in [0.05, 0.1) is 16.4 Å². The third kappa shape index (κ3) is 3.58. The van der Waals surface area contributed by atoms with Crippen LogP contribution in [0.5, 0.6) is 0 Å². The molecule has 0 aliphatic carbocycles. The van der Waals surface area contributed by atoms with Crippen LogP contribution in [0, 0.1) is 5.82 Å². The van der Waals surface area contributed by atoms with E-state index < -0.39 is 5.82 Å². The Balaban J connectivity index is 2.54. The number of halogens is 2. The van der Waals surface area contributed by atoms with Crippen LogP contribution >= 0.6 is 11.6 Å². The summed E-state index contributed by atoms with van der Waals surface area (Å²) in [5.74, 6) is -0.654. The Bertz CT molecular complexity index is 398. The fourth-order valence-electron chi connectivity index (χ4n) is 1.15. The highest BCUT2D eigenvalue weighted by atomic mass is 35.5. The highest BCUT2D eigenvalue weighted by Crippen LogP contribution is 2.25. The van der Waals surface area contributed by atoms with Crippen molar-refractivity contribution in [3.63, 3.8) is 0 Å². The highest BCUT2D eigenvalue weighted by molar-refractivity contribution is 6.31. The molecule has 0 spiro atoms. The van der Waals surface area contributed by atoms with Gasteiger partial charge in [0.15, 0.2) is 0 Å². The van der Waals surface area contributed by atoms with Gasteiger partial charge in [-0.3, -0.25) is 4.79 Å². The van der Waals surface area contributed by atoms with Crippen molar-refractivity contribution in [1.29, 1.82) is 0 Å². The van der Waals surface area contributed by atoms with Gasteiger partial charge in [0.25, 0.3) is 0 Å². The second-order valence-electron chi connectivity index (χ2n) is 3.26. The number of anilines is 2. The first kappa shape index (κ1) is 12.6. The van der Waals surface area contributed by atoms with Crippen molar-refractivity contribution in [2.45, 2.75) is 6.92 Å². The van der Waals surface area contributed by atoms with Crippen LogP contribution in [-0.2, 0) is 4.79 Å². The molecule has 0 heterocycles. The molecule has 4 N–H and O–H groups in total. The number of amides is 1. The molecule has 0 radical (unpaired) electrons. The minimum absolute atomic E-state index is 0.0104. The monoisotopic (exact) mass is 245 g/mol. The first-order chi connectivity index (χ1) is 7.50. The number of carbonyl (C=O) groups excluding carboxylic acids is 1. The summed E-state index contributed by atoms with van der Waals surface area (Å²) in [7, 11) is 0. The second-order valence-corrected chi connectivity index (χ2v) is 3.67. The maximum Gasteiger partial charge on any atom is 0.216 e. The van der Waals surface area contributed by atoms with Crippen molar-refractivity contribution in [1.82, 2.24) is 5.32 Å². The van der Waals surface area contributed by atoms with E-state index in [9.17, 15) is 9.18 Å². The summed E-state index contributed by atoms with van der Waals surface area (Å²) in [6.45, 7) is 2.39. The number of hydrogen-bond donors (Lipinski definition) is 3. The van der Waals surface area contributed by atoms with Gasteiger partial charge in [-0.1, -0.05) is 11.6 Å². The SMILES string of the molecule is CC(=O)NCCNc1cc(Cl)c(F)cc1N. The molecule has 0 aromatic heterocycles. The van der Waals surface area contributed by atoms with E-state index in [1.807, 2.05) is 0 Å². The van der Waals surface area contributed by atoms with Gasteiger partial charge < -0.3 is 16.4 Å². The van der Waals surface area contributed by atoms with Crippen LogP contribution < -0.4 is 16.4 Å². The van der Waals surface area contributed by atoms with E-state index in [1.54, 1.807) is 0 Å². The van der Waals surface area contributed by atoms with Crippen LogP contribution in [0.1, 0.15) is 6.92 Å². The zero-order valence-electron chi connectivity index (χ0n) is 8.81. The van der Waals surface area contributed by atoms with E-state index in [4.69, 9.17) is 17.3 Å². The normalized spacial score (nSPS) is 9.94. The Hall–Kier alpha value is -1.49. The molecule has 6 heteroatoms. The molecule has 1 aromatic carbocycles. The Kier molecular flexibility index (Phi) is 4.37. The second kappa shape index (κ2) is 5.55. The lowest BCUT2D eigenvalue weighted by atomic mass is 10.2. The number of nitrogens with two attached hydrogens (primary N) is 1. The Morgan fingerprint density at radius 2 is 2.19 bits per heavy atom. The minimum atomic E-state index is -0.549. The topological polar surface area (TPSA) is 67.2 Å². The molecule has 1 amide bonds. The van der Waals surface area contributed by atoms with Gasteiger partial charge in [0.2, 0.25) is 5.91 Å². The van der Waals surface area contributed by atoms with Crippen molar-refractivity contribution in [2.24, 2.45) is 0 Å². The lowest BCUT2D eigenvalue weighted by Gasteiger charge is -2.10. The molecule has 1 aromatic rings. The van der Waals surface area contributed by atoms with E-state index >= 15 is 0 Å². The van der Waals surface area contributed by atoms with Crippen LogP contribution in [-0.4, -0.2) is 19.0 Å². The maximum absolute atomic E-state index is 13.0. The van der Waals surface area contributed by atoms with E-state index in [1.165, 1.54) is 13.0 Å². The minimum Gasteiger partial charge on any atom is -0.397 e. The molecule has 0 saturated heterocycles.